The number of imidazole rings is 1. The van der Waals surface area contributed by atoms with E-state index in [9.17, 15) is 4.79 Å². The summed E-state index contributed by atoms with van der Waals surface area (Å²) in [7, 11) is 1.97. The van der Waals surface area contributed by atoms with Crippen LogP contribution in [0.5, 0.6) is 11.5 Å². The van der Waals surface area contributed by atoms with Crippen LogP contribution in [0.2, 0.25) is 0 Å². The lowest BCUT2D eigenvalue weighted by molar-refractivity contribution is -0.120. The van der Waals surface area contributed by atoms with Crippen LogP contribution in [-0.2, 0) is 18.4 Å². The zero-order chi connectivity index (χ0) is 18.1. The molecule has 1 amide bonds. The highest BCUT2D eigenvalue weighted by atomic mass is 32.2. The first-order valence-corrected chi connectivity index (χ1v) is 9.24. The highest BCUT2D eigenvalue weighted by Gasteiger charge is 2.19. The number of nitrogens with one attached hydrogen (secondary N) is 1. The minimum atomic E-state index is -0.250. The number of fused-ring (bicyclic) bond motifs is 2. The van der Waals surface area contributed by atoms with E-state index in [1.54, 1.807) is 0 Å². The maximum atomic E-state index is 12.5. The Kier molecular flexibility index (Phi) is 4.46. The van der Waals surface area contributed by atoms with Gasteiger partial charge in [0.1, 0.15) is 0 Å². The van der Waals surface area contributed by atoms with Crippen molar-refractivity contribution >= 4 is 28.7 Å². The Hall–Kier alpha value is -2.67. The topological polar surface area (TPSA) is 65.4 Å². The van der Waals surface area contributed by atoms with Gasteiger partial charge >= 0.3 is 0 Å². The number of thioether (sulfide) groups is 1. The zero-order valence-electron chi connectivity index (χ0n) is 14.6. The summed E-state index contributed by atoms with van der Waals surface area (Å²) in [6, 6.07) is 13.6. The lowest BCUT2D eigenvalue weighted by Crippen LogP contribution is -2.30. The molecular weight excluding hydrogens is 350 g/mol. The van der Waals surface area contributed by atoms with E-state index in [0.29, 0.717) is 6.54 Å². The lowest BCUT2D eigenvalue weighted by atomic mass is 10.2. The Morgan fingerprint density at radius 1 is 1.27 bits per heavy atom. The van der Waals surface area contributed by atoms with Crippen LogP contribution in [0.3, 0.4) is 0 Å². The number of aryl methyl sites for hydroxylation is 1. The van der Waals surface area contributed by atoms with Gasteiger partial charge in [-0.25, -0.2) is 4.98 Å². The van der Waals surface area contributed by atoms with Gasteiger partial charge in [-0.15, -0.1) is 0 Å². The lowest BCUT2D eigenvalue weighted by Gasteiger charge is -2.12. The summed E-state index contributed by atoms with van der Waals surface area (Å²) in [4.78, 5) is 17.1. The molecule has 0 unspecified atom stereocenters. The Morgan fingerprint density at radius 2 is 2.08 bits per heavy atom. The van der Waals surface area contributed by atoms with Crippen LogP contribution < -0.4 is 14.8 Å². The van der Waals surface area contributed by atoms with Crippen LogP contribution in [0.15, 0.2) is 47.6 Å². The van der Waals surface area contributed by atoms with E-state index in [1.807, 2.05) is 61.0 Å². The standard InChI is InChI=1S/C19H19N3O3S/c1-12(26-19-21-14-5-3-4-6-15(14)22(19)2)18(23)20-10-13-7-8-16-17(9-13)25-11-24-16/h3-9,12H,10-11H2,1-2H3,(H,20,23)/t12-/m0/s1. The number of rotatable bonds is 5. The molecule has 1 atom stereocenters. The Labute approximate surface area is 155 Å². The molecule has 0 spiro atoms. The zero-order valence-corrected chi connectivity index (χ0v) is 15.4. The molecule has 1 aliphatic rings. The summed E-state index contributed by atoms with van der Waals surface area (Å²) < 4.78 is 12.7. The first-order chi connectivity index (χ1) is 12.6. The van der Waals surface area contributed by atoms with E-state index in [4.69, 9.17) is 9.47 Å². The Bertz CT molecular complexity index is 970. The number of nitrogens with zero attached hydrogens (tertiary/aromatic N) is 2. The van der Waals surface area contributed by atoms with Crippen LogP contribution >= 0.6 is 11.8 Å². The molecule has 0 bridgehead atoms. The third-order valence-electron chi connectivity index (χ3n) is 4.30. The van der Waals surface area contributed by atoms with Crippen molar-refractivity contribution in [3.05, 3.63) is 48.0 Å². The molecule has 0 radical (unpaired) electrons. The molecule has 1 N–H and O–H groups in total. The van der Waals surface area contributed by atoms with Gasteiger partial charge in [0.2, 0.25) is 12.7 Å². The van der Waals surface area contributed by atoms with Gasteiger partial charge in [-0.3, -0.25) is 4.79 Å². The molecule has 1 aliphatic heterocycles. The van der Waals surface area contributed by atoms with Crippen molar-refractivity contribution in [3.63, 3.8) is 0 Å². The monoisotopic (exact) mass is 369 g/mol. The molecule has 0 saturated carbocycles. The number of para-hydroxylation sites is 2. The third-order valence-corrected chi connectivity index (χ3v) is 5.44. The molecule has 0 aliphatic carbocycles. The fraction of sp³-hybridized carbons (Fsp3) is 0.263. The second-order valence-corrected chi connectivity index (χ2v) is 7.42. The molecule has 3 aromatic rings. The van der Waals surface area contributed by atoms with E-state index in [-0.39, 0.29) is 18.0 Å². The van der Waals surface area contributed by atoms with Gasteiger partial charge in [0, 0.05) is 13.6 Å². The number of hydrogen-bond donors (Lipinski definition) is 1. The van der Waals surface area contributed by atoms with E-state index in [1.165, 1.54) is 11.8 Å². The molecule has 4 rings (SSSR count). The van der Waals surface area contributed by atoms with Crippen molar-refractivity contribution in [1.29, 1.82) is 0 Å². The van der Waals surface area contributed by atoms with Crippen molar-refractivity contribution in [1.82, 2.24) is 14.9 Å². The number of hydrogen-bond acceptors (Lipinski definition) is 5. The van der Waals surface area contributed by atoms with Gasteiger partial charge in [0.05, 0.1) is 16.3 Å². The first kappa shape index (κ1) is 16.8. The predicted octanol–water partition coefficient (Wildman–Crippen LogP) is 3.10. The van der Waals surface area contributed by atoms with Gasteiger partial charge in [-0.2, -0.15) is 0 Å². The van der Waals surface area contributed by atoms with Crippen molar-refractivity contribution in [2.24, 2.45) is 7.05 Å². The van der Waals surface area contributed by atoms with E-state index < -0.39 is 0 Å². The van der Waals surface area contributed by atoms with Crippen LogP contribution in [0.25, 0.3) is 11.0 Å². The number of carbonyl (C=O) groups is 1. The molecule has 26 heavy (non-hydrogen) atoms. The first-order valence-electron chi connectivity index (χ1n) is 8.36. The molecule has 134 valence electrons. The number of ether oxygens (including phenoxy) is 2. The summed E-state index contributed by atoms with van der Waals surface area (Å²) in [6.07, 6.45) is 0. The quantitative estimate of drug-likeness (QED) is 0.700. The number of aromatic nitrogens is 2. The van der Waals surface area contributed by atoms with Gasteiger partial charge in [-0.1, -0.05) is 30.0 Å². The van der Waals surface area contributed by atoms with Crippen molar-refractivity contribution in [2.75, 3.05) is 6.79 Å². The largest absolute Gasteiger partial charge is 0.454 e. The van der Waals surface area contributed by atoms with E-state index in [2.05, 4.69) is 10.3 Å². The van der Waals surface area contributed by atoms with E-state index in [0.717, 1.165) is 33.3 Å². The van der Waals surface area contributed by atoms with Gasteiger partial charge < -0.3 is 19.4 Å². The summed E-state index contributed by atoms with van der Waals surface area (Å²) in [6.45, 7) is 2.58. The van der Waals surface area contributed by atoms with E-state index >= 15 is 0 Å². The van der Waals surface area contributed by atoms with Crippen LogP contribution in [0.1, 0.15) is 12.5 Å². The van der Waals surface area contributed by atoms with Crippen molar-refractivity contribution in [2.45, 2.75) is 23.9 Å². The second-order valence-electron chi connectivity index (χ2n) is 6.11. The number of carbonyl (C=O) groups excluding carboxylic acids is 1. The fourth-order valence-electron chi connectivity index (χ4n) is 2.82. The molecule has 2 aromatic carbocycles. The fourth-order valence-corrected chi connectivity index (χ4v) is 3.74. The molecule has 7 heteroatoms. The summed E-state index contributed by atoms with van der Waals surface area (Å²) in [5.74, 6) is 1.43. The second kappa shape index (κ2) is 6.92. The van der Waals surface area contributed by atoms with Crippen molar-refractivity contribution < 1.29 is 14.3 Å². The van der Waals surface area contributed by atoms with Gasteiger partial charge in [-0.05, 0) is 36.8 Å². The predicted molar refractivity (Wildman–Crippen MR) is 100 cm³/mol. The van der Waals surface area contributed by atoms with Crippen LogP contribution in [-0.4, -0.2) is 27.5 Å². The molecule has 0 saturated heterocycles. The minimum absolute atomic E-state index is 0.0280. The van der Waals surface area contributed by atoms with Gasteiger partial charge in [0.25, 0.3) is 0 Å². The molecule has 6 nitrogen and oxygen atoms in total. The molecule has 2 heterocycles. The smallest absolute Gasteiger partial charge is 0.233 e. The average molecular weight is 369 g/mol. The van der Waals surface area contributed by atoms with Crippen molar-refractivity contribution in [3.8, 4) is 11.5 Å². The highest BCUT2D eigenvalue weighted by molar-refractivity contribution is 8.00. The maximum Gasteiger partial charge on any atom is 0.233 e. The highest BCUT2D eigenvalue weighted by Crippen LogP contribution is 2.32. The SMILES string of the molecule is C[C@H](Sc1nc2ccccc2n1C)C(=O)NCc1ccc2c(c1)OCO2. The van der Waals surface area contributed by atoms with Crippen LogP contribution in [0.4, 0.5) is 0 Å². The summed E-state index contributed by atoms with van der Waals surface area (Å²) in [5.41, 5.74) is 2.97. The number of amides is 1. The number of benzene rings is 2. The normalized spacial score (nSPS) is 13.8. The summed E-state index contributed by atoms with van der Waals surface area (Å²) >= 11 is 1.45. The molecule has 1 aromatic heterocycles. The maximum absolute atomic E-state index is 12.5. The Balaban J connectivity index is 1.39. The average Bonchev–Trinajstić information content (AvgIpc) is 3.24. The Morgan fingerprint density at radius 3 is 2.92 bits per heavy atom. The molecule has 0 fully saturated rings. The molecular formula is C19H19N3O3S. The minimum Gasteiger partial charge on any atom is -0.454 e. The van der Waals surface area contributed by atoms with Crippen LogP contribution in [0, 0.1) is 0 Å². The summed E-state index contributed by atoms with van der Waals surface area (Å²) in [5, 5.41) is 3.55. The van der Waals surface area contributed by atoms with Gasteiger partial charge in [0.15, 0.2) is 16.7 Å². The third kappa shape index (κ3) is 3.22.